The molecule has 0 radical (unpaired) electrons. The maximum absolute atomic E-state index is 12.0. The van der Waals surface area contributed by atoms with E-state index in [2.05, 4.69) is 4.72 Å². The summed E-state index contributed by atoms with van der Waals surface area (Å²) in [6.07, 6.45) is 0.0980. The van der Waals surface area contributed by atoms with Crippen molar-refractivity contribution in [1.82, 2.24) is 4.72 Å². The molecule has 0 aliphatic heterocycles. The molecule has 0 aliphatic carbocycles. The standard InChI is InChI=1S/C13H13NO4S2/c15-13(16)11(9-10-5-2-1-3-6-10)14-20(17,18)12-7-4-8-19-12/h1-8,11,14H,9H2,(H,15,16). The minimum atomic E-state index is -3.79. The zero-order chi connectivity index (χ0) is 14.6. The summed E-state index contributed by atoms with van der Waals surface area (Å²) in [5, 5.41) is 10.8. The van der Waals surface area contributed by atoms with Crippen LogP contribution < -0.4 is 4.72 Å². The molecule has 2 N–H and O–H groups in total. The van der Waals surface area contributed by atoms with Crippen molar-refractivity contribution in [3.05, 3.63) is 53.4 Å². The van der Waals surface area contributed by atoms with Gasteiger partial charge < -0.3 is 5.11 Å². The van der Waals surface area contributed by atoms with Crippen LogP contribution >= 0.6 is 11.3 Å². The lowest BCUT2D eigenvalue weighted by Gasteiger charge is -2.14. The quantitative estimate of drug-likeness (QED) is 0.851. The SMILES string of the molecule is O=C(O)C(Cc1ccccc1)NS(=O)(=O)c1cccs1. The Labute approximate surface area is 120 Å². The van der Waals surface area contributed by atoms with Gasteiger partial charge in [0.25, 0.3) is 10.0 Å². The smallest absolute Gasteiger partial charge is 0.322 e. The molecule has 0 aliphatic rings. The van der Waals surface area contributed by atoms with Crippen LogP contribution in [-0.2, 0) is 21.2 Å². The highest BCUT2D eigenvalue weighted by molar-refractivity contribution is 7.91. The second-order valence-corrected chi connectivity index (χ2v) is 7.02. The van der Waals surface area contributed by atoms with Crippen molar-refractivity contribution in [3.8, 4) is 0 Å². The summed E-state index contributed by atoms with van der Waals surface area (Å²) in [6, 6.07) is 10.7. The van der Waals surface area contributed by atoms with Crippen molar-refractivity contribution in [2.45, 2.75) is 16.7 Å². The largest absolute Gasteiger partial charge is 0.480 e. The summed E-state index contributed by atoms with van der Waals surface area (Å²) >= 11 is 1.05. The first-order valence-corrected chi connectivity index (χ1v) is 8.18. The van der Waals surface area contributed by atoms with Crippen LogP contribution in [-0.4, -0.2) is 25.5 Å². The normalized spacial score (nSPS) is 13.0. The van der Waals surface area contributed by atoms with Gasteiger partial charge in [-0.15, -0.1) is 11.3 Å². The van der Waals surface area contributed by atoms with Crippen LogP contribution in [0.3, 0.4) is 0 Å². The lowest BCUT2D eigenvalue weighted by Crippen LogP contribution is -2.42. The second-order valence-electron chi connectivity index (χ2n) is 4.13. The van der Waals surface area contributed by atoms with Gasteiger partial charge in [-0.1, -0.05) is 36.4 Å². The van der Waals surface area contributed by atoms with Gasteiger partial charge in [-0.2, -0.15) is 4.72 Å². The van der Waals surface area contributed by atoms with E-state index in [4.69, 9.17) is 0 Å². The Hall–Kier alpha value is -1.70. The average molecular weight is 311 g/mol. The van der Waals surface area contributed by atoms with Crippen molar-refractivity contribution in [3.63, 3.8) is 0 Å². The molecule has 0 bridgehead atoms. The van der Waals surface area contributed by atoms with Crippen molar-refractivity contribution in [2.24, 2.45) is 0 Å². The predicted octanol–water partition coefficient (Wildman–Crippen LogP) is 1.72. The number of aliphatic carboxylic acids is 1. The summed E-state index contributed by atoms with van der Waals surface area (Å²) in [5.74, 6) is -1.20. The van der Waals surface area contributed by atoms with E-state index >= 15 is 0 Å². The Kier molecular flexibility index (Phi) is 4.53. The number of benzene rings is 1. The number of carbonyl (C=O) groups is 1. The number of carboxylic acid groups (broad SMARTS) is 1. The Morgan fingerprint density at radius 2 is 1.90 bits per heavy atom. The van der Waals surface area contributed by atoms with Gasteiger partial charge in [0.2, 0.25) is 0 Å². The van der Waals surface area contributed by atoms with Crippen LogP contribution in [0.25, 0.3) is 0 Å². The third kappa shape index (κ3) is 3.66. The highest BCUT2D eigenvalue weighted by Gasteiger charge is 2.26. The number of nitrogens with one attached hydrogen (secondary N) is 1. The van der Waals surface area contributed by atoms with Crippen molar-refractivity contribution in [1.29, 1.82) is 0 Å². The molecule has 2 rings (SSSR count). The Bertz CT molecular complexity index is 666. The third-order valence-corrected chi connectivity index (χ3v) is 5.51. The summed E-state index contributed by atoms with van der Waals surface area (Å²) in [7, 11) is -3.79. The van der Waals surface area contributed by atoms with E-state index in [1.54, 1.807) is 35.7 Å². The molecule has 1 aromatic heterocycles. The molecule has 1 unspecified atom stereocenters. The fourth-order valence-electron chi connectivity index (χ4n) is 1.69. The van der Waals surface area contributed by atoms with Gasteiger partial charge in [-0.25, -0.2) is 8.42 Å². The van der Waals surface area contributed by atoms with Gasteiger partial charge >= 0.3 is 5.97 Å². The molecule has 0 saturated carbocycles. The van der Waals surface area contributed by atoms with Crippen LogP contribution in [0.1, 0.15) is 5.56 Å². The Morgan fingerprint density at radius 1 is 1.20 bits per heavy atom. The van der Waals surface area contributed by atoms with Gasteiger partial charge in [-0.3, -0.25) is 4.79 Å². The lowest BCUT2D eigenvalue weighted by atomic mass is 10.1. The molecular weight excluding hydrogens is 298 g/mol. The zero-order valence-electron chi connectivity index (χ0n) is 10.4. The molecule has 7 heteroatoms. The number of carboxylic acids is 1. The first-order valence-electron chi connectivity index (χ1n) is 5.81. The number of hydrogen-bond donors (Lipinski definition) is 2. The molecule has 0 fully saturated rings. The summed E-state index contributed by atoms with van der Waals surface area (Å²) in [4.78, 5) is 11.2. The summed E-state index contributed by atoms with van der Waals surface area (Å²) in [5.41, 5.74) is 0.758. The maximum Gasteiger partial charge on any atom is 0.322 e. The predicted molar refractivity (Wildman–Crippen MR) is 76.2 cm³/mol. The summed E-state index contributed by atoms with van der Waals surface area (Å²) < 4.78 is 26.4. The van der Waals surface area contributed by atoms with Crippen LogP contribution in [0.5, 0.6) is 0 Å². The fraction of sp³-hybridized carbons (Fsp3) is 0.154. The van der Waals surface area contributed by atoms with Crippen molar-refractivity contribution >= 4 is 27.3 Å². The van der Waals surface area contributed by atoms with Crippen LogP contribution in [0.4, 0.5) is 0 Å². The number of thiophene rings is 1. The maximum atomic E-state index is 12.0. The van der Waals surface area contributed by atoms with E-state index in [1.165, 1.54) is 6.07 Å². The van der Waals surface area contributed by atoms with Crippen molar-refractivity contribution < 1.29 is 18.3 Å². The van der Waals surface area contributed by atoms with E-state index < -0.39 is 22.0 Å². The fourth-order valence-corrected chi connectivity index (χ4v) is 3.89. The van der Waals surface area contributed by atoms with Crippen LogP contribution in [0.15, 0.2) is 52.1 Å². The number of sulfonamides is 1. The first-order chi connectivity index (χ1) is 9.49. The average Bonchev–Trinajstić information content (AvgIpc) is 2.93. The third-order valence-electron chi connectivity index (χ3n) is 2.64. The van der Waals surface area contributed by atoms with Gasteiger partial charge in [0.15, 0.2) is 0 Å². The first kappa shape index (κ1) is 14.7. The monoisotopic (exact) mass is 311 g/mol. The molecule has 2 aromatic rings. The van der Waals surface area contributed by atoms with E-state index in [0.29, 0.717) is 0 Å². The molecule has 20 heavy (non-hydrogen) atoms. The molecule has 5 nitrogen and oxygen atoms in total. The second kappa shape index (κ2) is 6.17. The van der Waals surface area contributed by atoms with Gasteiger partial charge in [0, 0.05) is 0 Å². The van der Waals surface area contributed by atoms with E-state index in [0.717, 1.165) is 16.9 Å². The van der Waals surface area contributed by atoms with E-state index in [-0.39, 0.29) is 10.6 Å². The van der Waals surface area contributed by atoms with E-state index in [9.17, 15) is 18.3 Å². The topological polar surface area (TPSA) is 83.5 Å². The minimum absolute atomic E-state index is 0.0980. The van der Waals surface area contributed by atoms with Crippen LogP contribution in [0, 0.1) is 0 Å². The summed E-state index contributed by atoms with van der Waals surface area (Å²) in [6.45, 7) is 0. The van der Waals surface area contributed by atoms with E-state index in [1.807, 2.05) is 6.07 Å². The molecule has 0 saturated heterocycles. The van der Waals surface area contributed by atoms with Gasteiger partial charge in [0.1, 0.15) is 10.3 Å². The number of rotatable bonds is 6. The zero-order valence-corrected chi connectivity index (χ0v) is 12.0. The number of hydrogen-bond acceptors (Lipinski definition) is 4. The molecule has 1 heterocycles. The van der Waals surface area contributed by atoms with Gasteiger partial charge in [-0.05, 0) is 23.4 Å². The minimum Gasteiger partial charge on any atom is -0.480 e. The highest BCUT2D eigenvalue weighted by atomic mass is 32.2. The van der Waals surface area contributed by atoms with Crippen LogP contribution in [0.2, 0.25) is 0 Å². The molecule has 106 valence electrons. The molecular formula is C13H13NO4S2. The Morgan fingerprint density at radius 3 is 2.45 bits per heavy atom. The van der Waals surface area contributed by atoms with Gasteiger partial charge in [0.05, 0.1) is 0 Å². The van der Waals surface area contributed by atoms with Crippen molar-refractivity contribution in [2.75, 3.05) is 0 Å². The lowest BCUT2D eigenvalue weighted by molar-refractivity contribution is -0.138. The molecule has 0 amide bonds. The molecule has 1 aromatic carbocycles. The Balaban J connectivity index is 2.17. The highest BCUT2D eigenvalue weighted by Crippen LogP contribution is 2.16. The molecule has 0 spiro atoms. The molecule has 1 atom stereocenters.